The Morgan fingerprint density at radius 3 is 1.67 bits per heavy atom. The molecule has 0 aromatic carbocycles. The highest BCUT2D eigenvalue weighted by Gasteiger charge is 2.13. The van der Waals surface area contributed by atoms with Crippen LogP contribution in [0.1, 0.15) is 155 Å². The molecule has 0 radical (unpaired) electrons. The Bertz CT molecular complexity index is 531. The average Bonchev–Trinajstić information content (AvgIpc) is 2.92. The van der Waals surface area contributed by atoms with Crippen LogP contribution in [0.3, 0.4) is 0 Å². The summed E-state index contributed by atoms with van der Waals surface area (Å²) in [5.41, 5.74) is 0. The molecule has 0 aliphatic heterocycles. The quantitative estimate of drug-likeness (QED) is 0.0517. The van der Waals surface area contributed by atoms with E-state index in [2.05, 4.69) is 12.2 Å². The van der Waals surface area contributed by atoms with Gasteiger partial charge in [0.2, 0.25) is 5.91 Å². The van der Waals surface area contributed by atoms with Gasteiger partial charge in [0.15, 0.2) is 0 Å². The number of amides is 1. The number of esters is 1. The van der Waals surface area contributed by atoms with Crippen LogP contribution in [-0.2, 0) is 23.8 Å². The molecule has 0 bridgehead atoms. The second-order valence-corrected chi connectivity index (χ2v) is 11.0. The van der Waals surface area contributed by atoms with E-state index in [1.807, 2.05) is 0 Å². The zero-order chi connectivity index (χ0) is 28.7. The number of nitrogens with one attached hydrogen (secondary N) is 1. The Balaban J connectivity index is 3.39. The third-order valence-electron chi connectivity index (χ3n) is 7.05. The zero-order valence-corrected chi connectivity index (χ0v) is 25.7. The van der Waals surface area contributed by atoms with Crippen molar-refractivity contribution < 1.29 is 28.9 Å². The van der Waals surface area contributed by atoms with Crippen molar-refractivity contribution >= 4 is 11.9 Å². The van der Waals surface area contributed by atoms with Gasteiger partial charge >= 0.3 is 5.97 Å². The molecule has 39 heavy (non-hydrogen) atoms. The maximum absolute atomic E-state index is 12.0. The van der Waals surface area contributed by atoms with Crippen molar-refractivity contribution in [2.45, 2.75) is 161 Å². The third-order valence-corrected chi connectivity index (χ3v) is 7.05. The first kappa shape index (κ1) is 37.8. The van der Waals surface area contributed by atoms with Gasteiger partial charge in [-0.25, -0.2) is 0 Å². The maximum Gasteiger partial charge on any atom is 0.306 e. The molecule has 0 aromatic heterocycles. The molecule has 0 aliphatic carbocycles. The molecule has 0 aromatic rings. The van der Waals surface area contributed by atoms with Crippen LogP contribution in [0.2, 0.25) is 0 Å². The molecule has 0 rings (SSSR count). The van der Waals surface area contributed by atoms with Gasteiger partial charge in [0.25, 0.3) is 0 Å². The van der Waals surface area contributed by atoms with Gasteiger partial charge in [-0.15, -0.1) is 0 Å². The van der Waals surface area contributed by atoms with Crippen LogP contribution in [0.15, 0.2) is 0 Å². The number of carbonyl (C=O) groups is 2. The van der Waals surface area contributed by atoms with Crippen LogP contribution in [0.4, 0.5) is 0 Å². The summed E-state index contributed by atoms with van der Waals surface area (Å²) in [6.07, 6.45) is 25.6. The molecular weight excluding hydrogens is 494 g/mol. The van der Waals surface area contributed by atoms with E-state index >= 15 is 0 Å². The predicted molar refractivity (Wildman–Crippen MR) is 160 cm³/mol. The number of rotatable bonds is 31. The third kappa shape index (κ3) is 31.2. The lowest BCUT2D eigenvalue weighted by atomic mass is 10.1. The smallest absolute Gasteiger partial charge is 0.306 e. The van der Waals surface area contributed by atoms with Crippen LogP contribution < -0.4 is 5.32 Å². The normalized spacial score (nSPS) is 12.0. The van der Waals surface area contributed by atoms with E-state index in [1.54, 1.807) is 6.92 Å². The molecule has 0 saturated heterocycles. The van der Waals surface area contributed by atoms with Gasteiger partial charge < -0.3 is 24.6 Å². The molecule has 1 amide bonds. The van der Waals surface area contributed by atoms with E-state index in [0.29, 0.717) is 13.0 Å². The summed E-state index contributed by atoms with van der Waals surface area (Å²) in [7, 11) is 0. The fraction of sp³-hybridized carbons (Fsp3) is 0.938. The Morgan fingerprint density at radius 1 is 0.667 bits per heavy atom. The number of ether oxygens (including phenoxy) is 3. The Kier molecular flexibility index (Phi) is 30.4. The summed E-state index contributed by atoms with van der Waals surface area (Å²) in [5.74, 6) is -0.192. The first-order valence-electron chi connectivity index (χ1n) is 16.3. The molecule has 0 aliphatic rings. The monoisotopic (exact) mass is 557 g/mol. The number of aliphatic hydroxyl groups is 1. The van der Waals surface area contributed by atoms with E-state index in [1.165, 1.54) is 103 Å². The van der Waals surface area contributed by atoms with E-state index in [0.717, 1.165) is 38.6 Å². The van der Waals surface area contributed by atoms with Crippen LogP contribution in [0.5, 0.6) is 0 Å². The minimum atomic E-state index is -0.619. The summed E-state index contributed by atoms with van der Waals surface area (Å²) in [4.78, 5) is 22.8. The number of aliphatic hydroxyl groups excluding tert-OH is 1. The van der Waals surface area contributed by atoms with Crippen molar-refractivity contribution in [2.75, 3.05) is 33.2 Å². The number of hydrogen-bond donors (Lipinski definition) is 2. The van der Waals surface area contributed by atoms with Crippen LogP contribution >= 0.6 is 0 Å². The van der Waals surface area contributed by atoms with Crippen LogP contribution in [0, 0.1) is 0 Å². The highest BCUT2D eigenvalue weighted by molar-refractivity contribution is 5.72. The standard InChI is InChI=1S/C32H63NO6/c1-3-4-5-6-7-8-9-12-15-18-21-24-32(36)39-31(27-34)28-38-29-37-26-23-20-17-14-11-10-13-16-19-22-25-33-30(2)35/h31,34H,3-29H2,1-2H3,(H,33,35)/t31-/m0/s1. The van der Waals surface area contributed by atoms with Gasteiger partial charge in [0.1, 0.15) is 12.9 Å². The molecule has 0 unspecified atom stereocenters. The van der Waals surface area contributed by atoms with Gasteiger partial charge in [-0.05, 0) is 19.3 Å². The van der Waals surface area contributed by atoms with Gasteiger partial charge in [-0.1, -0.05) is 122 Å². The van der Waals surface area contributed by atoms with Crippen LogP contribution in [0.25, 0.3) is 0 Å². The lowest BCUT2D eigenvalue weighted by Gasteiger charge is -2.16. The topological polar surface area (TPSA) is 94.1 Å². The fourth-order valence-corrected chi connectivity index (χ4v) is 4.61. The van der Waals surface area contributed by atoms with Gasteiger partial charge in [0.05, 0.1) is 13.2 Å². The second-order valence-electron chi connectivity index (χ2n) is 11.0. The van der Waals surface area contributed by atoms with Crippen molar-refractivity contribution in [3.05, 3.63) is 0 Å². The van der Waals surface area contributed by atoms with Crippen molar-refractivity contribution in [3.63, 3.8) is 0 Å². The highest BCUT2D eigenvalue weighted by Crippen LogP contribution is 2.13. The Morgan fingerprint density at radius 2 is 1.15 bits per heavy atom. The largest absolute Gasteiger partial charge is 0.457 e. The molecular formula is C32H63NO6. The van der Waals surface area contributed by atoms with Crippen molar-refractivity contribution in [1.82, 2.24) is 5.32 Å². The second kappa shape index (κ2) is 31.3. The molecule has 0 saturated carbocycles. The molecule has 0 spiro atoms. The molecule has 7 nitrogen and oxygen atoms in total. The van der Waals surface area contributed by atoms with Crippen LogP contribution in [-0.4, -0.2) is 56.2 Å². The summed E-state index contributed by atoms with van der Waals surface area (Å²) in [6, 6.07) is 0. The summed E-state index contributed by atoms with van der Waals surface area (Å²) in [5, 5.41) is 12.3. The molecule has 0 fully saturated rings. The van der Waals surface area contributed by atoms with E-state index in [4.69, 9.17) is 14.2 Å². The lowest BCUT2D eigenvalue weighted by molar-refractivity contribution is -0.159. The summed E-state index contributed by atoms with van der Waals surface area (Å²) < 4.78 is 16.3. The molecule has 1 atom stereocenters. The van der Waals surface area contributed by atoms with Gasteiger partial charge in [0, 0.05) is 26.5 Å². The summed E-state index contributed by atoms with van der Waals surface area (Å²) in [6.45, 7) is 5.37. The number of unbranched alkanes of at least 4 members (excludes halogenated alkanes) is 19. The first-order chi connectivity index (χ1) is 19.1. The maximum atomic E-state index is 12.0. The summed E-state index contributed by atoms with van der Waals surface area (Å²) >= 11 is 0. The predicted octanol–water partition coefficient (Wildman–Crippen LogP) is 7.62. The zero-order valence-electron chi connectivity index (χ0n) is 25.7. The highest BCUT2D eigenvalue weighted by atomic mass is 16.7. The van der Waals surface area contributed by atoms with E-state index in [9.17, 15) is 14.7 Å². The van der Waals surface area contributed by atoms with Gasteiger partial charge in [-0.2, -0.15) is 0 Å². The van der Waals surface area contributed by atoms with Crippen molar-refractivity contribution in [1.29, 1.82) is 0 Å². The first-order valence-corrected chi connectivity index (χ1v) is 16.3. The van der Waals surface area contributed by atoms with E-state index < -0.39 is 6.10 Å². The SMILES string of the molecule is CCCCCCCCCCCCCC(=O)O[C@@H](CO)COCOCCCCCCCCCCCCNC(C)=O. The average molecular weight is 558 g/mol. The van der Waals surface area contributed by atoms with E-state index in [-0.39, 0.29) is 31.9 Å². The Labute approximate surface area is 240 Å². The molecule has 7 heteroatoms. The Hall–Kier alpha value is -1.18. The number of carbonyl (C=O) groups excluding carboxylic acids is 2. The molecule has 2 N–H and O–H groups in total. The lowest BCUT2D eigenvalue weighted by Crippen LogP contribution is -2.27. The minimum absolute atomic E-state index is 0.0611. The van der Waals surface area contributed by atoms with Gasteiger partial charge in [-0.3, -0.25) is 9.59 Å². The minimum Gasteiger partial charge on any atom is -0.457 e. The van der Waals surface area contributed by atoms with Crippen molar-refractivity contribution in [3.8, 4) is 0 Å². The molecule has 232 valence electrons. The fourth-order valence-electron chi connectivity index (χ4n) is 4.61. The number of hydrogen-bond acceptors (Lipinski definition) is 6. The van der Waals surface area contributed by atoms with Crippen molar-refractivity contribution in [2.24, 2.45) is 0 Å². The molecule has 0 heterocycles.